The third kappa shape index (κ3) is 2.38. The maximum atomic E-state index is 5.76. The van der Waals surface area contributed by atoms with E-state index in [2.05, 4.69) is 24.2 Å². The van der Waals surface area contributed by atoms with E-state index in [1.165, 1.54) is 0 Å². The summed E-state index contributed by atoms with van der Waals surface area (Å²) in [6.07, 6.45) is 1.86. The Bertz CT molecular complexity index is 208. The van der Waals surface area contributed by atoms with E-state index in [1.54, 1.807) is 0 Å². The lowest BCUT2D eigenvalue weighted by atomic mass is 10.1. The maximum absolute atomic E-state index is 5.76. The normalized spacial score (nSPS) is 24.3. The minimum absolute atomic E-state index is 0.318. The Morgan fingerprint density at radius 1 is 1.64 bits per heavy atom. The van der Waals surface area contributed by atoms with Crippen LogP contribution in [0.15, 0.2) is 16.8 Å². The summed E-state index contributed by atoms with van der Waals surface area (Å²) in [5.74, 6) is 0.403. The molecule has 0 fully saturated rings. The van der Waals surface area contributed by atoms with Crippen LogP contribution in [-0.4, -0.2) is 10.8 Å². The minimum atomic E-state index is -0.318. The quantitative estimate of drug-likeness (QED) is 0.501. The number of rotatable bonds is 1. The molecule has 0 aromatic rings. The lowest BCUT2D eigenvalue weighted by Crippen LogP contribution is -2.26. The van der Waals surface area contributed by atoms with E-state index in [4.69, 9.17) is 23.2 Å². The standard InChI is InChI=1S/C7H10Cl2N2/c1-4(2)5-3-6(8)11-7(9)10-5/h3-4,6H,1-2H3,(H,10,11). The third-order valence-electron chi connectivity index (χ3n) is 1.42. The molecular weight excluding hydrogens is 183 g/mol. The molecule has 1 rings (SSSR count). The van der Waals surface area contributed by atoms with Crippen molar-refractivity contribution in [3.05, 3.63) is 11.8 Å². The Morgan fingerprint density at radius 3 is 2.73 bits per heavy atom. The summed E-state index contributed by atoms with van der Waals surface area (Å²) < 4.78 is 0. The Labute approximate surface area is 76.3 Å². The first kappa shape index (κ1) is 8.88. The van der Waals surface area contributed by atoms with Crippen molar-refractivity contribution in [3.63, 3.8) is 0 Å². The molecule has 0 saturated carbocycles. The number of hydrogen-bond donors (Lipinski definition) is 1. The lowest BCUT2D eigenvalue weighted by molar-refractivity contribution is 0.712. The largest absolute Gasteiger partial charge is 0.334 e. The second kappa shape index (κ2) is 3.46. The molecule has 1 heterocycles. The molecule has 11 heavy (non-hydrogen) atoms. The summed E-state index contributed by atoms with van der Waals surface area (Å²) in [5.41, 5.74) is 0.714. The maximum Gasteiger partial charge on any atom is 0.197 e. The summed E-state index contributed by atoms with van der Waals surface area (Å²) in [6, 6.07) is 0. The molecule has 1 unspecified atom stereocenters. The zero-order valence-corrected chi connectivity index (χ0v) is 7.95. The van der Waals surface area contributed by atoms with Gasteiger partial charge in [0.2, 0.25) is 0 Å². The number of alkyl halides is 1. The summed E-state index contributed by atoms with van der Waals surface area (Å²) in [6.45, 7) is 4.13. The van der Waals surface area contributed by atoms with E-state index in [1.807, 2.05) is 6.08 Å². The van der Waals surface area contributed by atoms with Gasteiger partial charge in [0.25, 0.3) is 0 Å². The van der Waals surface area contributed by atoms with E-state index in [0.29, 0.717) is 11.2 Å². The zero-order chi connectivity index (χ0) is 8.43. The number of aliphatic imine (C=N–C) groups is 1. The van der Waals surface area contributed by atoms with Crippen LogP contribution in [0, 0.1) is 5.92 Å². The molecule has 1 atom stereocenters. The van der Waals surface area contributed by atoms with Crippen molar-refractivity contribution in [2.24, 2.45) is 10.9 Å². The minimum Gasteiger partial charge on any atom is -0.334 e. The predicted octanol–water partition coefficient (Wildman–Crippen LogP) is 2.29. The molecule has 0 aromatic carbocycles. The molecule has 0 spiro atoms. The van der Waals surface area contributed by atoms with Gasteiger partial charge in [0.05, 0.1) is 0 Å². The number of allylic oxidation sites excluding steroid dienone is 1. The van der Waals surface area contributed by atoms with Gasteiger partial charge >= 0.3 is 0 Å². The topological polar surface area (TPSA) is 24.4 Å². The van der Waals surface area contributed by atoms with Crippen LogP contribution in [0.4, 0.5) is 0 Å². The summed E-state index contributed by atoms with van der Waals surface area (Å²) in [7, 11) is 0. The smallest absolute Gasteiger partial charge is 0.197 e. The Kier molecular flexibility index (Phi) is 2.79. The highest BCUT2D eigenvalue weighted by atomic mass is 35.5. The number of halogens is 2. The van der Waals surface area contributed by atoms with E-state index in [9.17, 15) is 0 Å². The fourth-order valence-corrected chi connectivity index (χ4v) is 1.32. The highest BCUT2D eigenvalue weighted by molar-refractivity contribution is 6.65. The van der Waals surface area contributed by atoms with Crippen LogP contribution in [0.25, 0.3) is 0 Å². The Balaban J connectivity index is 2.71. The van der Waals surface area contributed by atoms with Gasteiger partial charge in [-0.25, -0.2) is 4.99 Å². The van der Waals surface area contributed by atoms with E-state index >= 15 is 0 Å². The average Bonchev–Trinajstić information content (AvgIpc) is 1.85. The molecule has 0 amide bonds. The van der Waals surface area contributed by atoms with Crippen molar-refractivity contribution in [1.29, 1.82) is 0 Å². The molecule has 1 aliphatic rings. The number of hydrogen-bond acceptors (Lipinski definition) is 2. The van der Waals surface area contributed by atoms with Gasteiger partial charge in [-0.1, -0.05) is 25.4 Å². The molecule has 0 bridgehead atoms. The number of nitrogens with one attached hydrogen (secondary N) is 1. The second-order valence-corrected chi connectivity index (χ2v) is 3.50. The molecule has 0 radical (unpaired) electrons. The Hall–Kier alpha value is -0.210. The van der Waals surface area contributed by atoms with Crippen molar-refractivity contribution >= 4 is 28.5 Å². The van der Waals surface area contributed by atoms with Crippen LogP contribution in [0.3, 0.4) is 0 Å². The number of nitrogens with zero attached hydrogens (tertiary/aromatic N) is 1. The SMILES string of the molecule is CC(C)C1=CC(Cl)N=C(Cl)N1. The molecule has 2 nitrogen and oxygen atoms in total. The van der Waals surface area contributed by atoms with Crippen LogP contribution in [0.5, 0.6) is 0 Å². The molecule has 62 valence electrons. The Morgan fingerprint density at radius 2 is 2.27 bits per heavy atom. The molecule has 0 aliphatic carbocycles. The fraction of sp³-hybridized carbons (Fsp3) is 0.571. The van der Waals surface area contributed by atoms with Crippen LogP contribution < -0.4 is 5.32 Å². The van der Waals surface area contributed by atoms with Gasteiger partial charge in [0, 0.05) is 5.70 Å². The van der Waals surface area contributed by atoms with Crippen LogP contribution in [0.2, 0.25) is 0 Å². The summed E-state index contributed by atoms with van der Waals surface area (Å²) >= 11 is 11.4. The molecule has 1 aliphatic heterocycles. The van der Waals surface area contributed by atoms with Crippen molar-refractivity contribution in [1.82, 2.24) is 5.32 Å². The van der Waals surface area contributed by atoms with Gasteiger partial charge in [0.15, 0.2) is 5.29 Å². The van der Waals surface area contributed by atoms with E-state index < -0.39 is 0 Å². The van der Waals surface area contributed by atoms with E-state index in [0.717, 1.165) is 5.70 Å². The first-order valence-corrected chi connectivity index (χ1v) is 4.27. The van der Waals surface area contributed by atoms with Crippen molar-refractivity contribution < 1.29 is 0 Å². The van der Waals surface area contributed by atoms with Crippen molar-refractivity contribution in [3.8, 4) is 0 Å². The number of amidine groups is 1. The zero-order valence-electron chi connectivity index (χ0n) is 6.44. The predicted molar refractivity (Wildman–Crippen MR) is 49.0 cm³/mol. The van der Waals surface area contributed by atoms with Gasteiger partial charge in [-0.05, 0) is 23.6 Å². The fourth-order valence-electron chi connectivity index (χ4n) is 0.824. The summed E-state index contributed by atoms with van der Waals surface area (Å²) in [4.78, 5) is 3.88. The second-order valence-electron chi connectivity index (χ2n) is 2.69. The van der Waals surface area contributed by atoms with Crippen molar-refractivity contribution in [2.45, 2.75) is 19.3 Å². The molecule has 4 heteroatoms. The van der Waals surface area contributed by atoms with Gasteiger partial charge in [0.1, 0.15) is 5.50 Å². The van der Waals surface area contributed by atoms with Gasteiger partial charge in [-0.2, -0.15) is 0 Å². The van der Waals surface area contributed by atoms with Crippen LogP contribution in [0.1, 0.15) is 13.8 Å². The van der Waals surface area contributed by atoms with Crippen LogP contribution >= 0.6 is 23.2 Å². The molecular formula is C7H10Cl2N2. The summed E-state index contributed by atoms with van der Waals surface area (Å²) in [5, 5.41) is 3.31. The molecule has 0 saturated heterocycles. The van der Waals surface area contributed by atoms with E-state index in [-0.39, 0.29) is 5.50 Å². The van der Waals surface area contributed by atoms with Crippen molar-refractivity contribution in [2.75, 3.05) is 0 Å². The van der Waals surface area contributed by atoms with Gasteiger partial charge in [-0.15, -0.1) is 0 Å². The highest BCUT2D eigenvalue weighted by Gasteiger charge is 2.13. The van der Waals surface area contributed by atoms with Gasteiger partial charge < -0.3 is 5.32 Å². The van der Waals surface area contributed by atoms with Crippen LogP contribution in [-0.2, 0) is 0 Å². The first-order chi connectivity index (χ1) is 5.09. The molecule has 0 aromatic heterocycles. The lowest BCUT2D eigenvalue weighted by Gasteiger charge is -2.18. The monoisotopic (exact) mass is 192 g/mol. The highest BCUT2D eigenvalue weighted by Crippen LogP contribution is 2.15. The molecule has 1 N–H and O–H groups in total. The first-order valence-electron chi connectivity index (χ1n) is 3.45. The van der Waals surface area contributed by atoms with Gasteiger partial charge in [-0.3, -0.25) is 0 Å². The average molecular weight is 193 g/mol. The third-order valence-corrected chi connectivity index (χ3v) is 1.84.